The van der Waals surface area contributed by atoms with E-state index in [0.717, 1.165) is 24.6 Å². The number of anilines is 1. The minimum Gasteiger partial charge on any atom is -0.490 e. The van der Waals surface area contributed by atoms with Crippen LogP contribution in [0.3, 0.4) is 0 Å². The number of fused-ring (bicyclic) bond motifs is 1. The van der Waals surface area contributed by atoms with Gasteiger partial charge in [0, 0.05) is 6.54 Å². The molecular weight excluding hydrogens is 254 g/mol. The minimum atomic E-state index is -1.08. The number of hydrogen-bond acceptors (Lipinski definition) is 3. The van der Waals surface area contributed by atoms with Gasteiger partial charge in [0.15, 0.2) is 9.04 Å². The molecule has 0 aliphatic carbocycles. The van der Waals surface area contributed by atoms with Crippen LogP contribution in [0.15, 0.2) is 18.2 Å². The zero-order valence-corrected chi connectivity index (χ0v) is 13.8. The van der Waals surface area contributed by atoms with Gasteiger partial charge in [0.05, 0.1) is 11.8 Å². The van der Waals surface area contributed by atoms with E-state index in [1.807, 2.05) is 0 Å². The molecule has 1 aromatic carbocycles. The average Bonchev–Trinajstić information content (AvgIpc) is 2.34. The van der Waals surface area contributed by atoms with Crippen LogP contribution in [0.2, 0.25) is 13.1 Å². The maximum absolute atomic E-state index is 6.26. The molecule has 19 heavy (non-hydrogen) atoms. The van der Waals surface area contributed by atoms with Crippen LogP contribution in [0.25, 0.3) is 0 Å². The molecule has 0 fully saturated rings. The highest BCUT2D eigenvalue weighted by atomic mass is 28.3. The van der Waals surface area contributed by atoms with E-state index in [0.29, 0.717) is 0 Å². The van der Waals surface area contributed by atoms with Gasteiger partial charge in [0.1, 0.15) is 12.4 Å². The maximum Gasteiger partial charge on any atom is 0.171 e. The first kappa shape index (κ1) is 14.4. The van der Waals surface area contributed by atoms with Crippen molar-refractivity contribution in [3.05, 3.63) is 23.8 Å². The van der Waals surface area contributed by atoms with Crippen molar-refractivity contribution >= 4 is 14.7 Å². The predicted molar refractivity (Wildman–Crippen MR) is 82.6 cm³/mol. The fourth-order valence-electron chi connectivity index (χ4n) is 2.38. The molecule has 0 bridgehead atoms. The van der Waals surface area contributed by atoms with Crippen molar-refractivity contribution in [2.45, 2.75) is 40.0 Å². The Balaban J connectivity index is 2.31. The van der Waals surface area contributed by atoms with Crippen LogP contribution in [-0.4, -0.2) is 22.2 Å². The largest absolute Gasteiger partial charge is 0.490 e. The summed E-state index contributed by atoms with van der Waals surface area (Å²) in [4.78, 5) is 0. The molecule has 0 aromatic heterocycles. The second-order valence-electron chi connectivity index (χ2n) is 6.46. The number of benzene rings is 1. The van der Waals surface area contributed by atoms with E-state index in [2.05, 4.69) is 57.4 Å². The second kappa shape index (κ2) is 5.55. The van der Waals surface area contributed by atoms with Crippen LogP contribution in [0, 0.1) is 5.41 Å². The first-order valence-corrected chi connectivity index (χ1v) is 9.82. The minimum absolute atomic E-state index is 0.0982. The van der Waals surface area contributed by atoms with E-state index in [4.69, 9.17) is 9.16 Å². The number of ether oxygens (including phenoxy) is 1. The van der Waals surface area contributed by atoms with Crippen molar-refractivity contribution in [1.29, 1.82) is 0 Å². The number of hydrogen-bond donors (Lipinski definition) is 1. The molecule has 0 amide bonds. The Bertz CT molecular complexity index is 440. The van der Waals surface area contributed by atoms with Gasteiger partial charge in [-0.25, -0.2) is 0 Å². The topological polar surface area (TPSA) is 30.5 Å². The smallest absolute Gasteiger partial charge is 0.171 e. The molecule has 1 aliphatic rings. The fourth-order valence-corrected chi connectivity index (χ4v) is 3.49. The van der Waals surface area contributed by atoms with E-state index in [1.54, 1.807) is 0 Å². The van der Waals surface area contributed by atoms with Crippen molar-refractivity contribution in [3.63, 3.8) is 0 Å². The summed E-state index contributed by atoms with van der Waals surface area (Å²) in [6.45, 7) is 12.8. The molecular formula is C15H25NO2Si. The van der Waals surface area contributed by atoms with Crippen molar-refractivity contribution in [2.75, 3.05) is 18.5 Å². The average molecular weight is 279 g/mol. The van der Waals surface area contributed by atoms with E-state index in [-0.39, 0.29) is 11.5 Å². The van der Waals surface area contributed by atoms with Crippen molar-refractivity contribution in [2.24, 2.45) is 5.41 Å². The van der Waals surface area contributed by atoms with Gasteiger partial charge in [0.2, 0.25) is 0 Å². The molecule has 3 nitrogen and oxygen atoms in total. The highest BCUT2D eigenvalue weighted by Gasteiger charge is 2.28. The number of nitrogens with one attached hydrogen (secondary N) is 1. The molecule has 1 aromatic rings. The molecule has 1 unspecified atom stereocenters. The maximum atomic E-state index is 6.26. The summed E-state index contributed by atoms with van der Waals surface area (Å²) in [6.07, 6.45) is 0.146. The van der Waals surface area contributed by atoms with E-state index < -0.39 is 9.04 Å². The lowest BCUT2D eigenvalue weighted by Crippen LogP contribution is -2.26. The molecule has 1 N–H and O–H groups in total. The Morgan fingerprint density at radius 2 is 2.05 bits per heavy atom. The Morgan fingerprint density at radius 1 is 1.32 bits per heavy atom. The van der Waals surface area contributed by atoms with Gasteiger partial charge in [-0.3, -0.25) is 0 Å². The molecule has 106 valence electrons. The van der Waals surface area contributed by atoms with Crippen molar-refractivity contribution < 1.29 is 9.16 Å². The summed E-state index contributed by atoms with van der Waals surface area (Å²) in [5, 5.41) is 3.39. The van der Waals surface area contributed by atoms with Gasteiger partial charge < -0.3 is 14.5 Å². The zero-order chi connectivity index (χ0) is 14.0. The third kappa shape index (κ3) is 3.51. The first-order valence-electron chi connectivity index (χ1n) is 7.04. The molecule has 0 spiro atoms. The van der Waals surface area contributed by atoms with Crippen LogP contribution in [-0.2, 0) is 4.43 Å². The van der Waals surface area contributed by atoms with Gasteiger partial charge in [-0.05, 0) is 36.2 Å². The second-order valence-corrected chi connectivity index (χ2v) is 8.83. The summed E-state index contributed by atoms with van der Waals surface area (Å²) in [5.41, 5.74) is 2.43. The third-order valence-corrected chi connectivity index (χ3v) is 3.99. The first-order chi connectivity index (χ1) is 8.88. The fraction of sp³-hybridized carbons (Fsp3) is 0.600. The van der Waals surface area contributed by atoms with Crippen LogP contribution in [0.1, 0.15) is 32.4 Å². The quantitative estimate of drug-likeness (QED) is 0.858. The summed E-state index contributed by atoms with van der Waals surface area (Å²) < 4.78 is 11.9. The molecule has 2 rings (SSSR count). The summed E-state index contributed by atoms with van der Waals surface area (Å²) >= 11 is 0. The SMILES string of the molecule is C[SiH](C)OC(c1ccc2c(c1)NCCO2)C(C)(C)C. The molecule has 0 saturated heterocycles. The Hall–Kier alpha value is -1.00. The monoisotopic (exact) mass is 279 g/mol. The standard InChI is InChI=1S/C15H25NO2Si/c1-15(2,3)14(18-19(4)5)11-6-7-13-12(10-11)16-8-9-17-13/h6-7,10,14,16,19H,8-9H2,1-5H3. The van der Waals surface area contributed by atoms with Gasteiger partial charge >= 0.3 is 0 Å². The van der Waals surface area contributed by atoms with Crippen LogP contribution < -0.4 is 10.1 Å². The van der Waals surface area contributed by atoms with Crippen LogP contribution in [0.5, 0.6) is 5.75 Å². The lowest BCUT2D eigenvalue weighted by Gasteiger charge is -2.33. The normalized spacial score (nSPS) is 16.5. The Morgan fingerprint density at radius 3 is 2.68 bits per heavy atom. The van der Waals surface area contributed by atoms with E-state index >= 15 is 0 Å². The predicted octanol–water partition coefficient (Wildman–Crippen LogP) is 3.58. The summed E-state index contributed by atoms with van der Waals surface area (Å²) in [6, 6.07) is 6.38. The number of rotatable bonds is 3. The molecule has 1 aliphatic heterocycles. The van der Waals surface area contributed by atoms with E-state index in [9.17, 15) is 0 Å². The van der Waals surface area contributed by atoms with Crippen LogP contribution >= 0.6 is 0 Å². The molecule has 1 heterocycles. The lowest BCUT2D eigenvalue weighted by molar-refractivity contribution is 0.0866. The van der Waals surface area contributed by atoms with Crippen LogP contribution in [0.4, 0.5) is 5.69 Å². The molecule has 1 atom stereocenters. The van der Waals surface area contributed by atoms with Crippen molar-refractivity contribution in [1.82, 2.24) is 0 Å². The summed E-state index contributed by atoms with van der Waals surface area (Å²) in [5.74, 6) is 0.949. The molecule has 4 heteroatoms. The zero-order valence-electron chi connectivity index (χ0n) is 12.6. The van der Waals surface area contributed by atoms with E-state index in [1.165, 1.54) is 5.56 Å². The summed E-state index contributed by atoms with van der Waals surface area (Å²) in [7, 11) is -1.08. The Labute approximate surface area is 118 Å². The lowest BCUT2D eigenvalue weighted by atomic mass is 9.84. The molecule has 0 radical (unpaired) electrons. The molecule has 0 saturated carbocycles. The van der Waals surface area contributed by atoms with Gasteiger partial charge in [-0.15, -0.1) is 0 Å². The van der Waals surface area contributed by atoms with Gasteiger partial charge in [-0.2, -0.15) is 0 Å². The van der Waals surface area contributed by atoms with Gasteiger partial charge in [-0.1, -0.05) is 26.8 Å². The van der Waals surface area contributed by atoms with Crippen molar-refractivity contribution in [3.8, 4) is 5.75 Å². The highest BCUT2D eigenvalue weighted by Crippen LogP contribution is 2.39. The van der Waals surface area contributed by atoms with Gasteiger partial charge in [0.25, 0.3) is 0 Å². The third-order valence-electron chi connectivity index (χ3n) is 3.18. The Kier molecular flexibility index (Phi) is 4.21. The highest BCUT2D eigenvalue weighted by molar-refractivity contribution is 6.48.